The second-order valence-corrected chi connectivity index (χ2v) is 4.95. The third kappa shape index (κ3) is 2.10. The van der Waals surface area contributed by atoms with Crippen LogP contribution in [0.15, 0.2) is 22.9 Å². The first-order chi connectivity index (χ1) is 7.63. The Morgan fingerprint density at radius 1 is 1.62 bits per heavy atom. The number of pyridine rings is 1. The highest BCUT2D eigenvalue weighted by Gasteiger charge is 2.13. The summed E-state index contributed by atoms with van der Waals surface area (Å²) in [7, 11) is 1.95. The summed E-state index contributed by atoms with van der Waals surface area (Å²) in [6.45, 7) is 2.12. The van der Waals surface area contributed by atoms with E-state index in [-0.39, 0.29) is 0 Å². The van der Waals surface area contributed by atoms with E-state index in [0.717, 1.165) is 22.4 Å². The van der Waals surface area contributed by atoms with Gasteiger partial charge in [0.1, 0.15) is 10.4 Å². The van der Waals surface area contributed by atoms with Crippen molar-refractivity contribution >= 4 is 33.0 Å². The minimum absolute atomic E-state index is 0.386. The lowest BCUT2D eigenvalue weighted by atomic mass is 10.2. The number of hydrogen-bond donors (Lipinski definition) is 1. The molecule has 0 amide bonds. The number of likely N-dealkylation sites (N-methyl/N-ethyl adjacent to an activating group) is 1. The first-order valence-corrected chi connectivity index (χ1v) is 6.28. The Morgan fingerprint density at radius 2 is 2.38 bits per heavy atom. The Bertz CT molecular complexity index is 509. The third-order valence-corrected chi connectivity index (χ3v) is 3.48. The molecule has 5 heteroatoms. The molecule has 2 aromatic heterocycles. The molecule has 0 spiro atoms. The van der Waals surface area contributed by atoms with Crippen molar-refractivity contribution in [2.24, 2.45) is 0 Å². The van der Waals surface area contributed by atoms with E-state index in [1.807, 2.05) is 29.8 Å². The number of nitrogens with zero attached hydrogens (tertiary/aromatic N) is 2. The highest BCUT2D eigenvalue weighted by molar-refractivity contribution is 9.10. The van der Waals surface area contributed by atoms with Gasteiger partial charge in [-0.1, -0.05) is 11.6 Å². The summed E-state index contributed by atoms with van der Waals surface area (Å²) < 4.78 is 2.83. The number of imidazole rings is 1. The molecule has 2 aromatic rings. The van der Waals surface area contributed by atoms with Gasteiger partial charge in [-0.05, 0) is 42.0 Å². The molecule has 0 aliphatic rings. The topological polar surface area (TPSA) is 29.3 Å². The minimum atomic E-state index is 0.386. The molecule has 0 aliphatic heterocycles. The van der Waals surface area contributed by atoms with Gasteiger partial charge in [-0.2, -0.15) is 0 Å². The van der Waals surface area contributed by atoms with Gasteiger partial charge in [-0.25, -0.2) is 4.98 Å². The number of rotatable bonds is 3. The van der Waals surface area contributed by atoms with Gasteiger partial charge >= 0.3 is 0 Å². The van der Waals surface area contributed by atoms with E-state index in [2.05, 4.69) is 33.2 Å². The fourth-order valence-electron chi connectivity index (χ4n) is 1.64. The van der Waals surface area contributed by atoms with Crippen LogP contribution in [0.3, 0.4) is 0 Å². The number of nitrogens with one attached hydrogen (secondary N) is 1. The molecule has 0 aliphatic carbocycles. The van der Waals surface area contributed by atoms with Crippen molar-refractivity contribution in [3.8, 4) is 0 Å². The fourth-order valence-corrected chi connectivity index (χ4v) is 2.61. The van der Waals surface area contributed by atoms with Crippen LogP contribution in [0.2, 0.25) is 5.02 Å². The highest BCUT2D eigenvalue weighted by atomic mass is 79.9. The Balaban J connectivity index is 2.51. The summed E-state index contributed by atoms with van der Waals surface area (Å²) in [5.41, 5.74) is 0.933. The van der Waals surface area contributed by atoms with E-state index >= 15 is 0 Å². The molecule has 0 fully saturated rings. The van der Waals surface area contributed by atoms with E-state index in [1.165, 1.54) is 0 Å². The van der Waals surface area contributed by atoms with Crippen molar-refractivity contribution in [2.75, 3.05) is 7.05 Å². The normalized spacial score (nSPS) is 13.2. The number of halogens is 2. The van der Waals surface area contributed by atoms with Crippen LogP contribution in [0.5, 0.6) is 0 Å². The van der Waals surface area contributed by atoms with E-state index in [9.17, 15) is 0 Å². The maximum absolute atomic E-state index is 6.14. The van der Waals surface area contributed by atoms with Gasteiger partial charge in [0.15, 0.2) is 0 Å². The molecule has 16 heavy (non-hydrogen) atoms. The SMILES string of the molecule is CNC(C)Cc1nc(Br)c2c(Cl)cccn12. The maximum atomic E-state index is 6.14. The summed E-state index contributed by atoms with van der Waals surface area (Å²) in [4.78, 5) is 4.49. The van der Waals surface area contributed by atoms with Gasteiger partial charge in [-0.3, -0.25) is 0 Å². The molecular weight excluding hydrogens is 289 g/mol. The first kappa shape index (κ1) is 11.9. The zero-order chi connectivity index (χ0) is 11.7. The lowest BCUT2D eigenvalue weighted by Crippen LogP contribution is -2.24. The molecular formula is C11H13BrClN3. The zero-order valence-electron chi connectivity index (χ0n) is 9.17. The second kappa shape index (κ2) is 4.73. The molecule has 3 nitrogen and oxygen atoms in total. The lowest BCUT2D eigenvalue weighted by Gasteiger charge is -2.08. The third-order valence-electron chi connectivity index (χ3n) is 2.63. The average molecular weight is 303 g/mol. The van der Waals surface area contributed by atoms with Crippen LogP contribution < -0.4 is 5.32 Å². The predicted octanol–water partition coefficient (Wildman–Crippen LogP) is 2.90. The van der Waals surface area contributed by atoms with Gasteiger partial charge in [-0.15, -0.1) is 0 Å². The van der Waals surface area contributed by atoms with Gasteiger partial charge in [0.25, 0.3) is 0 Å². The van der Waals surface area contributed by atoms with Gasteiger partial charge < -0.3 is 9.72 Å². The molecule has 0 bridgehead atoms. The van der Waals surface area contributed by atoms with Crippen LogP contribution in [0.1, 0.15) is 12.7 Å². The summed E-state index contributed by atoms with van der Waals surface area (Å²) in [6, 6.07) is 4.18. The summed E-state index contributed by atoms with van der Waals surface area (Å²) in [5, 5.41) is 3.91. The van der Waals surface area contributed by atoms with E-state index in [4.69, 9.17) is 11.6 Å². The van der Waals surface area contributed by atoms with Crippen molar-refractivity contribution in [3.63, 3.8) is 0 Å². The standard InChI is InChI=1S/C11H13BrClN3/c1-7(14-2)6-9-15-11(12)10-8(13)4-3-5-16(9)10/h3-5,7,14H,6H2,1-2H3. The lowest BCUT2D eigenvalue weighted by molar-refractivity contribution is 0.589. The van der Waals surface area contributed by atoms with Crippen LogP contribution in [-0.2, 0) is 6.42 Å². The van der Waals surface area contributed by atoms with Crippen molar-refractivity contribution in [1.82, 2.24) is 14.7 Å². The molecule has 0 aromatic carbocycles. The minimum Gasteiger partial charge on any atom is -0.317 e. The second-order valence-electron chi connectivity index (χ2n) is 3.79. The van der Waals surface area contributed by atoms with Crippen molar-refractivity contribution in [1.29, 1.82) is 0 Å². The van der Waals surface area contributed by atoms with E-state index in [0.29, 0.717) is 11.1 Å². The maximum Gasteiger partial charge on any atom is 0.133 e. The Hall–Kier alpha value is -0.580. The monoisotopic (exact) mass is 301 g/mol. The Morgan fingerprint density at radius 3 is 3.06 bits per heavy atom. The van der Waals surface area contributed by atoms with Crippen molar-refractivity contribution in [3.05, 3.63) is 33.8 Å². The molecule has 1 atom stereocenters. The molecule has 0 saturated carbocycles. The van der Waals surface area contributed by atoms with Crippen LogP contribution in [0.4, 0.5) is 0 Å². The molecule has 0 radical (unpaired) electrons. The quantitative estimate of drug-likeness (QED) is 0.944. The zero-order valence-corrected chi connectivity index (χ0v) is 11.5. The Kier molecular flexibility index (Phi) is 3.52. The number of hydrogen-bond acceptors (Lipinski definition) is 2. The average Bonchev–Trinajstić information content (AvgIpc) is 2.57. The summed E-state index contributed by atoms with van der Waals surface area (Å²) >= 11 is 9.58. The molecule has 1 N–H and O–H groups in total. The smallest absolute Gasteiger partial charge is 0.133 e. The molecule has 2 rings (SSSR count). The van der Waals surface area contributed by atoms with Gasteiger partial charge in [0.2, 0.25) is 0 Å². The highest BCUT2D eigenvalue weighted by Crippen LogP contribution is 2.26. The Labute approximate surface area is 108 Å². The fraction of sp³-hybridized carbons (Fsp3) is 0.364. The summed E-state index contributed by atoms with van der Waals surface area (Å²) in [6.07, 6.45) is 2.85. The van der Waals surface area contributed by atoms with E-state index < -0.39 is 0 Å². The number of aromatic nitrogens is 2. The molecule has 0 saturated heterocycles. The van der Waals surface area contributed by atoms with E-state index in [1.54, 1.807) is 0 Å². The number of fused-ring (bicyclic) bond motifs is 1. The van der Waals surface area contributed by atoms with Crippen LogP contribution in [-0.4, -0.2) is 22.5 Å². The summed E-state index contributed by atoms with van der Waals surface area (Å²) in [5.74, 6) is 1.01. The molecule has 1 unspecified atom stereocenters. The molecule has 2 heterocycles. The predicted molar refractivity (Wildman–Crippen MR) is 70.1 cm³/mol. The van der Waals surface area contributed by atoms with Gasteiger partial charge in [0, 0.05) is 18.7 Å². The van der Waals surface area contributed by atoms with Gasteiger partial charge in [0.05, 0.1) is 10.5 Å². The van der Waals surface area contributed by atoms with Crippen LogP contribution >= 0.6 is 27.5 Å². The largest absolute Gasteiger partial charge is 0.317 e. The van der Waals surface area contributed by atoms with Crippen molar-refractivity contribution < 1.29 is 0 Å². The molecule has 86 valence electrons. The van der Waals surface area contributed by atoms with Crippen molar-refractivity contribution in [2.45, 2.75) is 19.4 Å². The van der Waals surface area contributed by atoms with Crippen LogP contribution in [0, 0.1) is 0 Å². The van der Waals surface area contributed by atoms with Crippen LogP contribution in [0.25, 0.3) is 5.52 Å². The first-order valence-electron chi connectivity index (χ1n) is 5.11.